The summed E-state index contributed by atoms with van der Waals surface area (Å²) in [6.07, 6.45) is 45.0. The van der Waals surface area contributed by atoms with E-state index in [4.69, 9.17) is 15.4 Å². The third-order valence-corrected chi connectivity index (χ3v) is 12.4. The maximum Gasteiger partial charge on any atom is 0.169 e. The van der Waals surface area contributed by atoms with Crippen LogP contribution in [0.4, 0.5) is 0 Å². The van der Waals surface area contributed by atoms with Crippen LogP contribution in [0, 0.1) is 17.2 Å². The van der Waals surface area contributed by atoms with E-state index in [2.05, 4.69) is 172 Å². The van der Waals surface area contributed by atoms with Crippen LogP contribution in [0.1, 0.15) is 101 Å². The summed E-state index contributed by atoms with van der Waals surface area (Å²) < 4.78 is 0. The van der Waals surface area contributed by atoms with Crippen molar-refractivity contribution in [3.05, 3.63) is 207 Å². The SMILES string of the molecule is CC=C(C=CC1=CC1)C1N=C(C2=CC(c3ccccc3)C=CCC2)NC(c2cccc(C3=CC=CC(C4=CC(C(C=N)CC=C(C)C5=CCCC=C5C)=CCC4)C3)c2)=N1. The van der Waals surface area contributed by atoms with Crippen LogP contribution < -0.4 is 5.32 Å². The number of aliphatic imine (C=N–C) groups is 2. The van der Waals surface area contributed by atoms with E-state index in [0.717, 1.165) is 80.6 Å². The minimum atomic E-state index is -0.339. The normalized spacial score (nSPS) is 23.9. The Balaban J connectivity index is 1.02. The Morgan fingerprint density at radius 2 is 1.73 bits per heavy atom. The highest BCUT2D eigenvalue weighted by Crippen LogP contribution is 2.38. The first kappa shape index (κ1) is 39.9. The van der Waals surface area contributed by atoms with Crippen molar-refractivity contribution < 1.29 is 0 Å². The van der Waals surface area contributed by atoms with Gasteiger partial charge in [-0.25, -0.2) is 9.98 Å². The monoisotopic (exact) mass is 774 g/mol. The zero-order chi connectivity index (χ0) is 40.6. The summed E-state index contributed by atoms with van der Waals surface area (Å²) in [5.74, 6) is 2.38. The second kappa shape index (κ2) is 18.8. The average molecular weight is 775 g/mol. The number of hydrogen-bond acceptors (Lipinski definition) is 4. The van der Waals surface area contributed by atoms with Crippen molar-refractivity contribution in [1.82, 2.24) is 5.32 Å². The summed E-state index contributed by atoms with van der Waals surface area (Å²) in [6, 6.07) is 19.6. The minimum absolute atomic E-state index is 0.0904. The summed E-state index contributed by atoms with van der Waals surface area (Å²) in [7, 11) is 0. The zero-order valence-electron chi connectivity index (χ0n) is 35.0. The van der Waals surface area contributed by atoms with E-state index < -0.39 is 0 Å². The van der Waals surface area contributed by atoms with Gasteiger partial charge >= 0.3 is 0 Å². The van der Waals surface area contributed by atoms with Gasteiger partial charge in [0.1, 0.15) is 11.7 Å². The fourth-order valence-electron chi connectivity index (χ4n) is 8.86. The number of nitrogens with one attached hydrogen (secondary N) is 2. The maximum atomic E-state index is 8.39. The van der Waals surface area contributed by atoms with Gasteiger partial charge in [-0.2, -0.15) is 0 Å². The van der Waals surface area contributed by atoms with Crippen molar-refractivity contribution >= 4 is 23.5 Å². The van der Waals surface area contributed by atoms with Crippen molar-refractivity contribution in [1.29, 1.82) is 5.41 Å². The van der Waals surface area contributed by atoms with Gasteiger partial charge in [-0.05, 0) is 140 Å². The van der Waals surface area contributed by atoms with Gasteiger partial charge in [0.2, 0.25) is 0 Å². The molecule has 0 radical (unpaired) electrons. The fourth-order valence-corrected chi connectivity index (χ4v) is 8.86. The summed E-state index contributed by atoms with van der Waals surface area (Å²) >= 11 is 0. The smallest absolute Gasteiger partial charge is 0.169 e. The van der Waals surface area contributed by atoms with Gasteiger partial charge in [0.15, 0.2) is 6.17 Å². The third kappa shape index (κ3) is 9.88. The number of nitrogens with zero attached hydrogens (tertiary/aromatic N) is 2. The second-order valence-electron chi connectivity index (χ2n) is 16.6. The number of hydrogen-bond donors (Lipinski definition) is 2. The van der Waals surface area contributed by atoms with E-state index in [9.17, 15) is 0 Å². The lowest BCUT2D eigenvalue weighted by molar-refractivity contribution is 0.704. The Hall–Kier alpha value is -5.87. The molecule has 0 fully saturated rings. The Bertz CT molecular complexity index is 2390. The van der Waals surface area contributed by atoms with E-state index in [0.29, 0.717) is 5.92 Å². The fraction of sp³-hybridized carbons (Fsp3) is 0.291. The molecule has 2 aromatic carbocycles. The lowest BCUT2D eigenvalue weighted by Gasteiger charge is -2.26. The highest BCUT2D eigenvalue weighted by atomic mass is 15.2. The largest absolute Gasteiger partial charge is 0.325 e. The van der Waals surface area contributed by atoms with Crippen molar-refractivity contribution in [2.75, 3.05) is 0 Å². The molecule has 4 nitrogen and oxygen atoms in total. The van der Waals surface area contributed by atoms with Crippen LogP contribution in [0.15, 0.2) is 200 Å². The first-order valence-corrected chi connectivity index (χ1v) is 21.8. The number of rotatable bonds is 13. The Kier molecular flexibility index (Phi) is 12.7. The molecular weight excluding hydrogens is 717 g/mol. The summed E-state index contributed by atoms with van der Waals surface area (Å²) in [5, 5.41) is 12.1. The molecule has 4 unspecified atom stereocenters. The van der Waals surface area contributed by atoms with E-state index in [1.165, 1.54) is 55.7 Å². The quantitative estimate of drug-likeness (QED) is 0.119. The standard InChI is InChI=1S/C55H58N4/c1-4-41(32-30-40-28-29-40)53-57-54(49-19-10-9-18-43(35-49)42-16-6-5-7-17-42)59-55(58-53)50-25-14-23-47(36-50)45-21-12-20-44(33-45)46-22-13-24-48(34-46)51(37-56)31-27-39(3)52-26-11-8-15-38(52)2/h4-7,9,12,14-18,20-21,23-28,30,32,34-37,43-44,51,53,56H,8,10-11,13,19,22,29,31,33H2,1-3H3,(H,57,58,59). The summed E-state index contributed by atoms with van der Waals surface area (Å²) in [5.41, 5.74) is 15.4. The van der Waals surface area contributed by atoms with Crippen LogP contribution in [-0.4, -0.2) is 24.1 Å². The molecule has 298 valence electrons. The van der Waals surface area contributed by atoms with Gasteiger partial charge < -0.3 is 10.7 Å². The van der Waals surface area contributed by atoms with Crippen LogP contribution in [0.5, 0.6) is 0 Å². The van der Waals surface area contributed by atoms with E-state index in [-0.39, 0.29) is 18.0 Å². The second-order valence-corrected chi connectivity index (χ2v) is 16.6. The van der Waals surface area contributed by atoms with Gasteiger partial charge in [-0.3, -0.25) is 0 Å². The molecule has 1 aliphatic heterocycles. The summed E-state index contributed by atoms with van der Waals surface area (Å²) in [4.78, 5) is 10.6. The molecule has 0 spiro atoms. The van der Waals surface area contributed by atoms with Gasteiger partial charge in [-0.1, -0.05) is 145 Å². The molecule has 4 atom stereocenters. The van der Waals surface area contributed by atoms with Crippen molar-refractivity contribution in [2.24, 2.45) is 21.8 Å². The van der Waals surface area contributed by atoms with Gasteiger partial charge in [0, 0.05) is 29.5 Å². The van der Waals surface area contributed by atoms with Gasteiger partial charge in [0.25, 0.3) is 0 Å². The number of allylic oxidation sites excluding steroid dienone is 21. The molecule has 0 aromatic heterocycles. The molecule has 2 aromatic rings. The van der Waals surface area contributed by atoms with Crippen LogP contribution in [0.2, 0.25) is 0 Å². The molecule has 1 heterocycles. The van der Waals surface area contributed by atoms with Crippen LogP contribution >= 0.6 is 0 Å². The maximum absolute atomic E-state index is 8.39. The first-order chi connectivity index (χ1) is 28.9. The van der Waals surface area contributed by atoms with E-state index >= 15 is 0 Å². The lowest BCUT2D eigenvalue weighted by atomic mass is 9.79. The van der Waals surface area contributed by atoms with E-state index in [1.54, 1.807) is 6.21 Å². The minimum Gasteiger partial charge on any atom is -0.325 e. The molecule has 59 heavy (non-hydrogen) atoms. The van der Waals surface area contributed by atoms with Crippen LogP contribution in [0.25, 0.3) is 5.57 Å². The molecule has 4 heteroatoms. The van der Waals surface area contributed by atoms with Crippen molar-refractivity contribution in [3.63, 3.8) is 0 Å². The Morgan fingerprint density at radius 1 is 0.898 bits per heavy atom. The highest BCUT2D eigenvalue weighted by Gasteiger charge is 2.25. The summed E-state index contributed by atoms with van der Waals surface area (Å²) in [6.45, 7) is 6.53. The van der Waals surface area contributed by atoms with Crippen LogP contribution in [0.3, 0.4) is 0 Å². The molecule has 0 saturated heterocycles. The van der Waals surface area contributed by atoms with Crippen LogP contribution in [-0.2, 0) is 0 Å². The Labute approximate surface area is 352 Å². The van der Waals surface area contributed by atoms with Gasteiger partial charge in [0.05, 0.1) is 0 Å². The molecule has 0 saturated carbocycles. The molecule has 5 aliphatic carbocycles. The highest BCUT2D eigenvalue weighted by molar-refractivity contribution is 6.16. The predicted molar refractivity (Wildman–Crippen MR) is 251 cm³/mol. The molecular formula is C55H58N4. The number of benzene rings is 2. The average Bonchev–Trinajstić information content (AvgIpc) is 4.15. The van der Waals surface area contributed by atoms with E-state index in [1.807, 2.05) is 0 Å². The van der Waals surface area contributed by atoms with Crippen molar-refractivity contribution in [3.8, 4) is 0 Å². The number of amidine groups is 2. The topological polar surface area (TPSA) is 60.6 Å². The van der Waals surface area contributed by atoms with Gasteiger partial charge in [-0.15, -0.1) is 0 Å². The predicted octanol–water partition coefficient (Wildman–Crippen LogP) is 13.5. The van der Waals surface area contributed by atoms with Crippen molar-refractivity contribution in [2.45, 2.75) is 90.6 Å². The molecule has 0 bridgehead atoms. The molecule has 2 N–H and O–H groups in total. The first-order valence-electron chi connectivity index (χ1n) is 21.8. The molecule has 8 rings (SSSR count). The lowest BCUT2D eigenvalue weighted by Crippen LogP contribution is -2.38. The zero-order valence-corrected chi connectivity index (χ0v) is 35.0. The Morgan fingerprint density at radius 3 is 2.54 bits per heavy atom. The molecule has 6 aliphatic rings. The molecule has 0 amide bonds. The third-order valence-electron chi connectivity index (χ3n) is 12.4.